The molecule has 4 heteroatoms. The fourth-order valence-corrected chi connectivity index (χ4v) is 2.58. The van der Waals surface area contributed by atoms with Crippen LogP contribution in [0, 0.1) is 0 Å². The number of fused-ring (bicyclic) bond motifs is 1. The standard InChI is InChI=1S/C14H17N3O/c1-16-14-5-3-2-4-12(14)13(15-16)10-17-8-6-11(18)7-9-17/h2-5H,6-10H2,1H3. The van der Waals surface area contributed by atoms with Crippen LogP contribution >= 0.6 is 0 Å². The van der Waals surface area contributed by atoms with Gasteiger partial charge in [0, 0.05) is 44.9 Å². The van der Waals surface area contributed by atoms with Gasteiger partial charge in [-0.3, -0.25) is 14.4 Å². The van der Waals surface area contributed by atoms with Crippen molar-refractivity contribution in [1.82, 2.24) is 14.7 Å². The van der Waals surface area contributed by atoms with Gasteiger partial charge in [-0.15, -0.1) is 0 Å². The summed E-state index contributed by atoms with van der Waals surface area (Å²) in [6, 6.07) is 8.29. The molecule has 2 aromatic rings. The van der Waals surface area contributed by atoms with Crippen LogP contribution in [-0.2, 0) is 18.4 Å². The van der Waals surface area contributed by atoms with E-state index in [1.807, 2.05) is 23.9 Å². The van der Waals surface area contributed by atoms with Crippen molar-refractivity contribution < 1.29 is 4.79 Å². The fraction of sp³-hybridized carbons (Fsp3) is 0.429. The predicted molar refractivity (Wildman–Crippen MR) is 70.2 cm³/mol. The lowest BCUT2D eigenvalue weighted by Crippen LogP contribution is -2.33. The molecule has 1 saturated heterocycles. The Morgan fingerprint density at radius 3 is 2.72 bits per heavy atom. The van der Waals surface area contributed by atoms with Crippen molar-refractivity contribution in [1.29, 1.82) is 0 Å². The Hall–Kier alpha value is -1.68. The molecule has 0 spiro atoms. The van der Waals surface area contributed by atoms with Gasteiger partial charge in [0.1, 0.15) is 5.78 Å². The molecule has 4 nitrogen and oxygen atoms in total. The molecule has 18 heavy (non-hydrogen) atoms. The summed E-state index contributed by atoms with van der Waals surface area (Å²) >= 11 is 0. The summed E-state index contributed by atoms with van der Waals surface area (Å²) in [6.45, 7) is 2.57. The smallest absolute Gasteiger partial charge is 0.135 e. The van der Waals surface area contributed by atoms with Crippen LogP contribution in [0.15, 0.2) is 24.3 Å². The molecule has 0 saturated carbocycles. The number of para-hydroxylation sites is 1. The van der Waals surface area contributed by atoms with Crippen LogP contribution in [0.3, 0.4) is 0 Å². The van der Waals surface area contributed by atoms with Crippen molar-refractivity contribution in [2.24, 2.45) is 7.05 Å². The number of aryl methyl sites for hydroxylation is 1. The summed E-state index contributed by atoms with van der Waals surface area (Å²) in [5, 5.41) is 5.81. The van der Waals surface area contributed by atoms with Gasteiger partial charge in [-0.25, -0.2) is 0 Å². The Morgan fingerprint density at radius 1 is 1.22 bits per heavy atom. The number of nitrogens with zero attached hydrogens (tertiary/aromatic N) is 3. The zero-order valence-electron chi connectivity index (χ0n) is 10.6. The minimum atomic E-state index is 0.386. The minimum Gasteiger partial charge on any atom is -0.300 e. The number of carbonyl (C=O) groups is 1. The molecule has 94 valence electrons. The quantitative estimate of drug-likeness (QED) is 0.806. The van der Waals surface area contributed by atoms with Crippen LogP contribution in [0.2, 0.25) is 0 Å². The number of carbonyl (C=O) groups excluding carboxylic acids is 1. The molecule has 0 radical (unpaired) electrons. The van der Waals surface area contributed by atoms with Crippen molar-refractivity contribution in [3.05, 3.63) is 30.0 Å². The van der Waals surface area contributed by atoms with Crippen molar-refractivity contribution >= 4 is 16.7 Å². The first kappa shape index (κ1) is 11.4. The number of piperidine rings is 1. The summed E-state index contributed by atoms with van der Waals surface area (Å²) in [7, 11) is 1.98. The molecule has 1 fully saturated rings. The molecule has 0 N–H and O–H groups in total. The number of hydrogen-bond acceptors (Lipinski definition) is 3. The minimum absolute atomic E-state index is 0.386. The van der Waals surface area contributed by atoms with Crippen LogP contribution in [0.25, 0.3) is 10.9 Å². The van der Waals surface area contributed by atoms with E-state index in [-0.39, 0.29) is 0 Å². The Labute approximate surface area is 106 Å². The highest BCUT2D eigenvalue weighted by molar-refractivity contribution is 5.82. The number of Topliss-reactive ketones (excluding diaryl/α,β-unsaturated/α-hetero) is 1. The number of rotatable bonds is 2. The zero-order valence-corrected chi connectivity index (χ0v) is 10.6. The van der Waals surface area contributed by atoms with E-state index < -0.39 is 0 Å². The first-order chi connectivity index (χ1) is 8.74. The number of ketones is 1. The number of aromatic nitrogens is 2. The molecule has 2 heterocycles. The van der Waals surface area contributed by atoms with E-state index in [1.165, 1.54) is 10.9 Å². The Bertz CT molecular complexity index is 578. The summed E-state index contributed by atoms with van der Waals surface area (Å²) in [5.41, 5.74) is 2.28. The lowest BCUT2D eigenvalue weighted by Gasteiger charge is -2.24. The average molecular weight is 243 g/mol. The fourth-order valence-electron chi connectivity index (χ4n) is 2.58. The second-order valence-electron chi connectivity index (χ2n) is 4.90. The zero-order chi connectivity index (χ0) is 12.5. The van der Waals surface area contributed by atoms with E-state index >= 15 is 0 Å². The van der Waals surface area contributed by atoms with Crippen LogP contribution < -0.4 is 0 Å². The molecule has 0 amide bonds. The molecule has 1 aliphatic heterocycles. The third kappa shape index (κ3) is 2.04. The highest BCUT2D eigenvalue weighted by atomic mass is 16.1. The molecular weight excluding hydrogens is 226 g/mol. The monoisotopic (exact) mass is 243 g/mol. The largest absolute Gasteiger partial charge is 0.300 e. The SMILES string of the molecule is Cn1nc(CN2CCC(=O)CC2)c2ccccc21. The Balaban J connectivity index is 1.84. The summed E-state index contributed by atoms with van der Waals surface area (Å²) < 4.78 is 1.93. The molecule has 0 atom stereocenters. The van der Waals surface area contributed by atoms with E-state index in [1.54, 1.807) is 0 Å². The van der Waals surface area contributed by atoms with Crippen LogP contribution in [0.4, 0.5) is 0 Å². The number of benzene rings is 1. The van der Waals surface area contributed by atoms with E-state index in [0.29, 0.717) is 18.6 Å². The van der Waals surface area contributed by atoms with Gasteiger partial charge < -0.3 is 0 Å². The molecule has 3 rings (SSSR count). The van der Waals surface area contributed by atoms with E-state index in [0.717, 1.165) is 25.3 Å². The van der Waals surface area contributed by atoms with Gasteiger partial charge in [0.25, 0.3) is 0 Å². The molecule has 0 aliphatic carbocycles. The molecule has 1 aromatic carbocycles. The van der Waals surface area contributed by atoms with Gasteiger partial charge in [-0.05, 0) is 6.07 Å². The summed E-state index contributed by atoms with van der Waals surface area (Å²) in [4.78, 5) is 13.5. The highest BCUT2D eigenvalue weighted by Crippen LogP contribution is 2.20. The average Bonchev–Trinajstić information content (AvgIpc) is 2.70. The first-order valence-electron chi connectivity index (χ1n) is 6.39. The molecule has 0 unspecified atom stereocenters. The van der Waals surface area contributed by atoms with Gasteiger partial charge in [0.05, 0.1) is 11.2 Å². The van der Waals surface area contributed by atoms with Crippen molar-refractivity contribution in [2.45, 2.75) is 19.4 Å². The number of hydrogen-bond donors (Lipinski definition) is 0. The third-order valence-corrected chi connectivity index (χ3v) is 3.62. The van der Waals surface area contributed by atoms with Crippen LogP contribution in [0.1, 0.15) is 18.5 Å². The second-order valence-corrected chi connectivity index (χ2v) is 4.90. The Kier molecular flexibility index (Phi) is 2.88. The lowest BCUT2D eigenvalue weighted by molar-refractivity contribution is -0.121. The van der Waals surface area contributed by atoms with E-state index in [4.69, 9.17) is 0 Å². The van der Waals surface area contributed by atoms with Gasteiger partial charge in [0.2, 0.25) is 0 Å². The number of likely N-dealkylation sites (tertiary alicyclic amines) is 1. The summed E-state index contributed by atoms with van der Waals surface area (Å²) in [6.07, 6.45) is 1.37. The van der Waals surface area contributed by atoms with Gasteiger partial charge >= 0.3 is 0 Å². The van der Waals surface area contributed by atoms with Gasteiger partial charge in [-0.1, -0.05) is 18.2 Å². The van der Waals surface area contributed by atoms with E-state index in [2.05, 4.69) is 22.1 Å². The van der Waals surface area contributed by atoms with Crippen LogP contribution in [0.5, 0.6) is 0 Å². The van der Waals surface area contributed by atoms with E-state index in [9.17, 15) is 4.79 Å². The van der Waals surface area contributed by atoms with Crippen molar-refractivity contribution in [3.63, 3.8) is 0 Å². The Morgan fingerprint density at radius 2 is 1.94 bits per heavy atom. The lowest BCUT2D eigenvalue weighted by atomic mass is 10.1. The molecular formula is C14H17N3O. The highest BCUT2D eigenvalue weighted by Gasteiger charge is 2.18. The third-order valence-electron chi connectivity index (χ3n) is 3.62. The van der Waals surface area contributed by atoms with Crippen molar-refractivity contribution in [2.75, 3.05) is 13.1 Å². The molecule has 0 bridgehead atoms. The van der Waals surface area contributed by atoms with Crippen LogP contribution in [-0.4, -0.2) is 33.6 Å². The normalized spacial score (nSPS) is 17.5. The second kappa shape index (κ2) is 4.53. The van der Waals surface area contributed by atoms with Gasteiger partial charge in [0.15, 0.2) is 0 Å². The topological polar surface area (TPSA) is 38.1 Å². The van der Waals surface area contributed by atoms with Gasteiger partial charge in [-0.2, -0.15) is 5.10 Å². The maximum atomic E-state index is 11.2. The maximum Gasteiger partial charge on any atom is 0.135 e. The maximum absolute atomic E-state index is 11.2. The first-order valence-corrected chi connectivity index (χ1v) is 6.39. The summed E-state index contributed by atoms with van der Waals surface area (Å²) in [5.74, 6) is 0.386. The van der Waals surface area contributed by atoms with Crippen molar-refractivity contribution in [3.8, 4) is 0 Å². The molecule has 1 aromatic heterocycles. The molecule has 1 aliphatic rings. The predicted octanol–water partition coefficient (Wildman–Crippen LogP) is 1.74.